The van der Waals surface area contributed by atoms with Crippen molar-refractivity contribution < 1.29 is 13.2 Å². The summed E-state index contributed by atoms with van der Waals surface area (Å²) in [4.78, 5) is 0. The van der Waals surface area contributed by atoms with Crippen molar-refractivity contribution in [2.45, 2.75) is 12.3 Å². The van der Waals surface area contributed by atoms with E-state index in [4.69, 9.17) is 0 Å². The van der Waals surface area contributed by atoms with Gasteiger partial charge in [-0.3, -0.25) is 0 Å². The summed E-state index contributed by atoms with van der Waals surface area (Å²) in [6.45, 7) is 1.85. The molecule has 0 saturated heterocycles. The Hall–Kier alpha value is -0.960. The summed E-state index contributed by atoms with van der Waals surface area (Å²) in [6, 6.07) is 6.48. The van der Waals surface area contributed by atoms with Crippen LogP contribution in [-0.2, 0) is 0 Å². The van der Waals surface area contributed by atoms with Crippen LogP contribution in [0.2, 0.25) is 0 Å². The van der Waals surface area contributed by atoms with Crippen LogP contribution in [0.25, 0.3) is 6.08 Å². The molecule has 0 nitrogen and oxygen atoms in total. The molecule has 0 N–H and O–H groups in total. The molecule has 14 heavy (non-hydrogen) atoms. The van der Waals surface area contributed by atoms with E-state index < -0.39 is 11.2 Å². The largest absolute Gasteiger partial charge is 0.373 e. The maximum atomic E-state index is 12.7. The van der Waals surface area contributed by atoms with Crippen molar-refractivity contribution in [3.05, 3.63) is 41.2 Å². The third-order valence-corrected chi connectivity index (χ3v) is 1.82. The fourth-order valence-corrected chi connectivity index (χ4v) is 0.945. The van der Waals surface area contributed by atoms with Crippen molar-refractivity contribution in [3.8, 4) is 0 Å². The van der Waals surface area contributed by atoms with Gasteiger partial charge in [0.05, 0.1) is 0 Å². The molecular weight excluding hydrogens is 213 g/mol. The van der Waals surface area contributed by atoms with Gasteiger partial charge in [-0.2, -0.15) is 8.78 Å². The number of rotatable bonds is 2. The standard InChI is InChI=1S/C10H8ClF3/c1-7-2-4-8(5-3-7)6-9(12)10(11,13)14/h2-6H,1H3/b9-6+. The van der Waals surface area contributed by atoms with Gasteiger partial charge in [-0.25, -0.2) is 4.39 Å². The molecule has 1 aromatic rings. The van der Waals surface area contributed by atoms with E-state index in [-0.39, 0.29) is 0 Å². The summed E-state index contributed by atoms with van der Waals surface area (Å²) >= 11 is 4.49. The lowest BCUT2D eigenvalue weighted by Gasteiger charge is -2.04. The van der Waals surface area contributed by atoms with Crippen LogP contribution >= 0.6 is 11.6 Å². The Bertz CT molecular complexity index is 335. The van der Waals surface area contributed by atoms with Crippen molar-refractivity contribution in [1.29, 1.82) is 0 Å². The molecule has 0 aliphatic heterocycles. The summed E-state index contributed by atoms with van der Waals surface area (Å²) in [7, 11) is 0. The Balaban J connectivity index is 2.93. The van der Waals surface area contributed by atoms with Gasteiger partial charge in [-0.15, -0.1) is 0 Å². The molecule has 1 rings (SSSR count). The zero-order valence-corrected chi connectivity index (χ0v) is 8.15. The first-order valence-corrected chi connectivity index (χ1v) is 4.28. The highest BCUT2D eigenvalue weighted by molar-refractivity contribution is 6.23. The van der Waals surface area contributed by atoms with E-state index in [9.17, 15) is 13.2 Å². The van der Waals surface area contributed by atoms with Gasteiger partial charge in [0.1, 0.15) is 0 Å². The zero-order chi connectivity index (χ0) is 10.8. The molecule has 0 radical (unpaired) electrons. The van der Waals surface area contributed by atoms with Gasteiger partial charge in [0.25, 0.3) is 0 Å². The number of aryl methyl sites for hydroxylation is 1. The normalized spacial score (nSPS) is 13.1. The highest BCUT2D eigenvalue weighted by Gasteiger charge is 2.31. The summed E-state index contributed by atoms with van der Waals surface area (Å²) in [6.07, 6.45) is 0.715. The van der Waals surface area contributed by atoms with Crippen molar-refractivity contribution in [2.24, 2.45) is 0 Å². The maximum Gasteiger partial charge on any atom is 0.373 e. The van der Waals surface area contributed by atoms with Crippen molar-refractivity contribution in [2.75, 3.05) is 0 Å². The molecule has 0 fully saturated rings. The summed E-state index contributed by atoms with van der Waals surface area (Å²) in [5, 5.41) is -3.93. The Morgan fingerprint density at radius 1 is 1.29 bits per heavy atom. The van der Waals surface area contributed by atoms with Crippen LogP contribution in [0.5, 0.6) is 0 Å². The highest BCUT2D eigenvalue weighted by Crippen LogP contribution is 2.30. The second kappa shape index (κ2) is 4.05. The first-order chi connectivity index (χ1) is 6.39. The predicted molar refractivity (Wildman–Crippen MR) is 51.1 cm³/mol. The fourth-order valence-electron chi connectivity index (χ4n) is 0.891. The fraction of sp³-hybridized carbons (Fsp3) is 0.200. The molecule has 0 aliphatic rings. The van der Waals surface area contributed by atoms with Gasteiger partial charge < -0.3 is 0 Å². The maximum absolute atomic E-state index is 12.7. The number of hydrogen-bond acceptors (Lipinski definition) is 0. The molecule has 0 bridgehead atoms. The van der Waals surface area contributed by atoms with Gasteiger partial charge in [-0.1, -0.05) is 29.8 Å². The molecule has 1 aromatic carbocycles. The molecular formula is C10H8ClF3. The Morgan fingerprint density at radius 2 is 1.79 bits per heavy atom. The van der Waals surface area contributed by atoms with Crippen LogP contribution in [0.4, 0.5) is 13.2 Å². The van der Waals surface area contributed by atoms with Crippen molar-refractivity contribution in [3.63, 3.8) is 0 Å². The molecule has 0 aromatic heterocycles. The van der Waals surface area contributed by atoms with Crippen LogP contribution in [0, 0.1) is 6.92 Å². The molecule has 0 saturated carbocycles. The van der Waals surface area contributed by atoms with E-state index in [1.54, 1.807) is 12.1 Å². The lowest BCUT2D eigenvalue weighted by Crippen LogP contribution is -2.05. The number of hydrogen-bond donors (Lipinski definition) is 0. The number of halogens is 4. The second-order valence-electron chi connectivity index (χ2n) is 2.90. The molecule has 0 aliphatic carbocycles. The molecule has 0 atom stereocenters. The smallest absolute Gasteiger partial charge is 0.204 e. The summed E-state index contributed by atoms with van der Waals surface area (Å²) in [5.74, 6) is -1.65. The average Bonchev–Trinajstić information content (AvgIpc) is 2.07. The first-order valence-electron chi connectivity index (χ1n) is 3.90. The van der Waals surface area contributed by atoms with Crippen molar-refractivity contribution >= 4 is 17.7 Å². The van der Waals surface area contributed by atoms with E-state index >= 15 is 0 Å². The van der Waals surface area contributed by atoms with Crippen LogP contribution in [0.15, 0.2) is 30.1 Å². The molecule has 0 unspecified atom stereocenters. The van der Waals surface area contributed by atoms with Gasteiger partial charge in [0.15, 0.2) is 5.83 Å². The van der Waals surface area contributed by atoms with Crippen molar-refractivity contribution in [1.82, 2.24) is 0 Å². The Kier molecular flexibility index (Phi) is 3.21. The number of benzene rings is 1. The third kappa shape index (κ3) is 3.07. The van der Waals surface area contributed by atoms with Crippen LogP contribution in [0.1, 0.15) is 11.1 Å². The van der Waals surface area contributed by atoms with E-state index in [0.717, 1.165) is 5.56 Å². The monoisotopic (exact) mass is 220 g/mol. The number of allylic oxidation sites excluding steroid dienone is 1. The van der Waals surface area contributed by atoms with Gasteiger partial charge in [-0.05, 0) is 30.2 Å². The summed E-state index contributed by atoms with van der Waals surface area (Å²) in [5.41, 5.74) is 1.33. The highest BCUT2D eigenvalue weighted by atomic mass is 35.5. The molecule has 4 heteroatoms. The minimum atomic E-state index is -3.93. The second-order valence-corrected chi connectivity index (χ2v) is 3.38. The number of alkyl halides is 3. The topological polar surface area (TPSA) is 0 Å². The minimum Gasteiger partial charge on any atom is -0.204 e. The Morgan fingerprint density at radius 3 is 2.21 bits per heavy atom. The lowest BCUT2D eigenvalue weighted by molar-refractivity contribution is 0.112. The molecule has 76 valence electrons. The first kappa shape index (κ1) is 11.1. The lowest BCUT2D eigenvalue weighted by atomic mass is 10.1. The average molecular weight is 221 g/mol. The zero-order valence-electron chi connectivity index (χ0n) is 7.40. The van der Waals surface area contributed by atoms with E-state index in [0.29, 0.717) is 11.6 Å². The third-order valence-electron chi connectivity index (χ3n) is 1.64. The minimum absolute atomic E-state index is 0.355. The van der Waals surface area contributed by atoms with Crippen LogP contribution < -0.4 is 0 Å². The summed E-state index contributed by atoms with van der Waals surface area (Å²) < 4.78 is 37.1. The van der Waals surface area contributed by atoms with Crippen LogP contribution in [-0.4, -0.2) is 5.38 Å². The Labute approximate surface area is 85.0 Å². The van der Waals surface area contributed by atoms with E-state index in [1.165, 1.54) is 12.1 Å². The predicted octanol–water partition coefficient (Wildman–Crippen LogP) is 4.14. The van der Waals surface area contributed by atoms with Gasteiger partial charge >= 0.3 is 5.38 Å². The molecule has 0 heterocycles. The van der Waals surface area contributed by atoms with E-state index in [2.05, 4.69) is 11.6 Å². The van der Waals surface area contributed by atoms with Gasteiger partial charge in [0.2, 0.25) is 0 Å². The van der Waals surface area contributed by atoms with E-state index in [1.807, 2.05) is 6.92 Å². The quantitative estimate of drug-likeness (QED) is 0.658. The van der Waals surface area contributed by atoms with Gasteiger partial charge in [0, 0.05) is 0 Å². The molecule has 0 amide bonds. The SMILES string of the molecule is Cc1ccc(/C=C(/F)C(F)(F)Cl)cc1. The molecule has 0 spiro atoms. The van der Waals surface area contributed by atoms with Crippen LogP contribution in [0.3, 0.4) is 0 Å².